The van der Waals surface area contributed by atoms with Crippen LogP contribution in [-0.4, -0.2) is 18.5 Å². The van der Waals surface area contributed by atoms with E-state index in [0.717, 1.165) is 26.1 Å². The predicted octanol–water partition coefficient (Wildman–Crippen LogP) is 2.42. The molecule has 0 amide bonds. The number of hydrogen-bond acceptors (Lipinski definition) is 3. The third-order valence-electron chi connectivity index (χ3n) is 2.61. The maximum Gasteiger partial charge on any atom is 0.0476 e. The summed E-state index contributed by atoms with van der Waals surface area (Å²) in [5.74, 6) is 0. The highest BCUT2D eigenvalue weighted by molar-refractivity contribution is 8.00. The van der Waals surface area contributed by atoms with Crippen LogP contribution in [0.2, 0.25) is 0 Å². The van der Waals surface area contributed by atoms with Gasteiger partial charge in [-0.1, -0.05) is 12.1 Å². The quantitative estimate of drug-likeness (QED) is 0.854. The first-order valence-corrected chi connectivity index (χ1v) is 6.30. The molecule has 15 heavy (non-hydrogen) atoms. The molecule has 1 aliphatic heterocycles. The van der Waals surface area contributed by atoms with Crippen molar-refractivity contribution in [1.82, 2.24) is 0 Å². The molecule has 0 aliphatic carbocycles. The highest BCUT2D eigenvalue weighted by Gasteiger charge is 2.14. The lowest BCUT2D eigenvalue weighted by Crippen LogP contribution is -2.17. The van der Waals surface area contributed by atoms with Crippen LogP contribution in [0, 0.1) is 0 Å². The number of hydrogen-bond donors (Lipinski definition) is 1. The van der Waals surface area contributed by atoms with Crippen molar-refractivity contribution < 1.29 is 4.74 Å². The summed E-state index contributed by atoms with van der Waals surface area (Å²) >= 11 is 1.96. The largest absolute Gasteiger partial charge is 0.381 e. The van der Waals surface area contributed by atoms with Crippen LogP contribution in [0.5, 0.6) is 0 Å². The highest BCUT2D eigenvalue weighted by atomic mass is 32.2. The number of benzene rings is 1. The minimum atomic E-state index is 0.627. The van der Waals surface area contributed by atoms with Crippen LogP contribution < -0.4 is 5.73 Å². The molecule has 2 nitrogen and oxygen atoms in total. The minimum Gasteiger partial charge on any atom is -0.381 e. The van der Waals surface area contributed by atoms with Crippen molar-refractivity contribution in [3.63, 3.8) is 0 Å². The molecule has 0 unspecified atom stereocenters. The zero-order valence-electron chi connectivity index (χ0n) is 8.82. The molecule has 1 fully saturated rings. The Morgan fingerprint density at radius 1 is 1.33 bits per heavy atom. The Morgan fingerprint density at radius 3 is 2.87 bits per heavy atom. The van der Waals surface area contributed by atoms with Gasteiger partial charge in [-0.15, -0.1) is 11.8 Å². The fourth-order valence-electron chi connectivity index (χ4n) is 1.73. The predicted molar refractivity (Wildman–Crippen MR) is 64.0 cm³/mol. The molecule has 1 aromatic carbocycles. The first-order valence-electron chi connectivity index (χ1n) is 5.42. The summed E-state index contributed by atoms with van der Waals surface area (Å²) in [7, 11) is 0. The second kappa shape index (κ2) is 5.54. The lowest BCUT2D eigenvalue weighted by atomic mass is 10.2. The van der Waals surface area contributed by atoms with Crippen molar-refractivity contribution in [3.05, 3.63) is 29.8 Å². The zero-order chi connectivity index (χ0) is 10.5. The van der Waals surface area contributed by atoms with E-state index in [9.17, 15) is 0 Å². The van der Waals surface area contributed by atoms with Gasteiger partial charge in [-0.25, -0.2) is 0 Å². The van der Waals surface area contributed by atoms with Crippen LogP contribution >= 0.6 is 11.8 Å². The van der Waals surface area contributed by atoms with Crippen molar-refractivity contribution in [3.8, 4) is 0 Å². The van der Waals surface area contributed by atoms with Crippen LogP contribution in [0.15, 0.2) is 29.2 Å². The molecule has 2 N–H and O–H groups in total. The topological polar surface area (TPSA) is 35.2 Å². The third-order valence-corrected chi connectivity index (χ3v) is 3.94. The average Bonchev–Trinajstić information content (AvgIpc) is 2.31. The van der Waals surface area contributed by atoms with E-state index in [-0.39, 0.29) is 0 Å². The molecule has 1 heterocycles. The molecule has 1 saturated heterocycles. The summed E-state index contributed by atoms with van der Waals surface area (Å²) in [6, 6.07) is 8.53. The Labute approximate surface area is 95.2 Å². The van der Waals surface area contributed by atoms with E-state index in [1.807, 2.05) is 11.8 Å². The van der Waals surface area contributed by atoms with Gasteiger partial charge in [0.2, 0.25) is 0 Å². The summed E-state index contributed by atoms with van der Waals surface area (Å²) < 4.78 is 5.35. The van der Waals surface area contributed by atoms with Crippen LogP contribution in [0.25, 0.3) is 0 Å². The lowest BCUT2D eigenvalue weighted by molar-refractivity contribution is 0.100. The van der Waals surface area contributed by atoms with E-state index >= 15 is 0 Å². The summed E-state index contributed by atoms with van der Waals surface area (Å²) in [5, 5.41) is 0.715. The molecular formula is C12H17NOS. The van der Waals surface area contributed by atoms with Crippen LogP contribution in [0.1, 0.15) is 18.4 Å². The Bertz CT molecular complexity index is 310. The molecule has 1 aromatic rings. The van der Waals surface area contributed by atoms with Gasteiger partial charge in [-0.05, 0) is 30.5 Å². The number of nitrogens with two attached hydrogens (primary N) is 1. The zero-order valence-corrected chi connectivity index (χ0v) is 9.63. The van der Waals surface area contributed by atoms with E-state index in [1.165, 1.54) is 10.5 Å². The van der Waals surface area contributed by atoms with E-state index < -0.39 is 0 Å². The highest BCUT2D eigenvalue weighted by Crippen LogP contribution is 2.29. The fourth-order valence-corrected chi connectivity index (χ4v) is 2.92. The fraction of sp³-hybridized carbons (Fsp3) is 0.500. The Balaban J connectivity index is 1.96. The molecule has 3 heteroatoms. The Hall–Kier alpha value is -0.510. The van der Waals surface area contributed by atoms with Gasteiger partial charge < -0.3 is 10.5 Å². The van der Waals surface area contributed by atoms with Crippen molar-refractivity contribution in [2.24, 2.45) is 5.73 Å². The molecule has 0 saturated carbocycles. The van der Waals surface area contributed by atoms with E-state index in [0.29, 0.717) is 11.8 Å². The molecule has 0 atom stereocenters. The Kier molecular flexibility index (Phi) is 4.06. The summed E-state index contributed by atoms with van der Waals surface area (Å²) in [6.07, 6.45) is 2.33. The summed E-state index contributed by atoms with van der Waals surface area (Å²) in [5.41, 5.74) is 6.84. The van der Waals surface area contributed by atoms with E-state index in [2.05, 4.69) is 24.3 Å². The van der Waals surface area contributed by atoms with Crippen molar-refractivity contribution >= 4 is 11.8 Å². The molecule has 0 bridgehead atoms. The van der Waals surface area contributed by atoms with E-state index in [1.54, 1.807) is 0 Å². The van der Waals surface area contributed by atoms with Gasteiger partial charge in [0.25, 0.3) is 0 Å². The van der Waals surface area contributed by atoms with Crippen molar-refractivity contribution in [2.45, 2.75) is 29.5 Å². The van der Waals surface area contributed by atoms with Gasteiger partial charge >= 0.3 is 0 Å². The average molecular weight is 223 g/mol. The van der Waals surface area contributed by atoms with Gasteiger partial charge in [0, 0.05) is 29.9 Å². The minimum absolute atomic E-state index is 0.627. The van der Waals surface area contributed by atoms with E-state index in [4.69, 9.17) is 10.5 Å². The van der Waals surface area contributed by atoms with Crippen LogP contribution in [0.4, 0.5) is 0 Å². The van der Waals surface area contributed by atoms with Gasteiger partial charge in [0.15, 0.2) is 0 Å². The molecule has 0 aromatic heterocycles. The van der Waals surface area contributed by atoms with Gasteiger partial charge in [-0.3, -0.25) is 0 Å². The first-order chi connectivity index (χ1) is 7.38. The molecule has 82 valence electrons. The molecule has 0 radical (unpaired) electrons. The number of rotatable bonds is 3. The maximum atomic E-state index is 5.62. The van der Waals surface area contributed by atoms with Crippen molar-refractivity contribution in [1.29, 1.82) is 0 Å². The normalized spacial score (nSPS) is 17.9. The van der Waals surface area contributed by atoms with Crippen LogP contribution in [0.3, 0.4) is 0 Å². The SMILES string of the molecule is NCc1cccc(SC2CCOCC2)c1. The van der Waals surface area contributed by atoms with Crippen molar-refractivity contribution in [2.75, 3.05) is 13.2 Å². The molecular weight excluding hydrogens is 206 g/mol. The van der Waals surface area contributed by atoms with Crippen LogP contribution in [-0.2, 0) is 11.3 Å². The molecule has 0 spiro atoms. The number of ether oxygens (including phenoxy) is 1. The smallest absolute Gasteiger partial charge is 0.0476 e. The molecule has 2 rings (SSSR count). The lowest BCUT2D eigenvalue weighted by Gasteiger charge is -2.21. The van der Waals surface area contributed by atoms with Gasteiger partial charge in [-0.2, -0.15) is 0 Å². The second-order valence-corrected chi connectivity index (χ2v) is 5.15. The summed E-state index contributed by atoms with van der Waals surface area (Å²) in [4.78, 5) is 1.34. The maximum absolute atomic E-state index is 5.62. The number of thioether (sulfide) groups is 1. The first kappa shape index (κ1) is 11.0. The molecule has 1 aliphatic rings. The summed E-state index contributed by atoms with van der Waals surface area (Å²) in [6.45, 7) is 2.45. The van der Waals surface area contributed by atoms with Gasteiger partial charge in [0.05, 0.1) is 0 Å². The van der Waals surface area contributed by atoms with Gasteiger partial charge in [0.1, 0.15) is 0 Å². The monoisotopic (exact) mass is 223 g/mol. The standard InChI is InChI=1S/C12H17NOS/c13-9-10-2-1-3-12(8-10)15-11-4-6-14-7-5-11/h1-3,8,11H,4-7,9,13H2. The second-order valence-electron chi connectivity index (χ2n) is 3.78. The Morgan fingerprint density at radius 2 is 2.13 bits per heavy atom. The third kappa shape index (κ3) is 3.23.